The lowest BCUT2D eigenvalue weighted by molar-refractivity contribution is 0.102. The van der Waals surface area contributed by atoms with Crippen molar-refractivity contribution in [2.45, 2.75) is 26.3 Å². The van der Waals surface area contributed by atoms with Gasteiger partial charge in [0, 0.05) is 11.8 Å². The van der Waals surface area contributed by atoms with Crippen LogP contribution < -0.4 is 15.4 Å². The number of carbonyl (C=O) groups excluding carboxylic acids is 2. The third-order valence-corrected chi connectivity index (χ3v) is 4.66. The number of carbonyl (C=O) groups is 2. The molecule has 2 aliphatic rings. The van der Waals surface area contributed by atoms with Crippen molar-refractivity contribution in [2.24, 2.45) is 0 Å². The number of urea groups is 1. The van der Waals surface area contributed by atoms with Crippen molar-refractivity contribution in [3.63, 3.8) is 0 Å². The standard InChI is InChI=1S/C20H19N3O3/c1-3-11-8-14-17-15(19(24)18(14)21-10-11)16(22-20(25)23-17)12-6-5-7-13(9-12)26-4-2/h5-10,16H,3-4H2,1-2H3,(H2,22,23,25). The number of hydrogen-bond donors (Lipinski definition) is 2. The molecule has 2 heterocycles. The van der Waals surface area contributed by atoms with E-state index in [9.17, 15) is 9.59 Å². The van der Waals surface area contributed by atoms with Crippen LogP contribution in [0.15, 0.2) is 42.1 Å². The van der Waals surface area contributed by atoms with E-state index in [4.69, 9.17) is 4.74 Å². The third kappa shape index (κ3) is 2.54. The molecule has 6 heteroatoms. The maximum absolute atomic E-state index is 13.0. The Morgan fingerprint density at radius 3 is 2.81 bits per heavy atom. The van der Waals surface area contributed by atoms with E-state index >= 15 is 0 Å². The number of aryl methyl sites for hydroxylation is 1. The van der Waals surface area contributed by atoms with Crippen LogP contribution in [0.5, 0.6) is 5.75 Å². The molecule has 1 aromatic carbocycles. The van der Waals surface area contributed by atoms with Gasteiger partial charge < -0.3 is 15.4 Å². The van der Waals surface area contributed by atoms with Crippen LogP contribution in [-0.4, -0.2) is 23.4 Å². The van der Waals surface area contributed by atoms with Crippen LogP contribution >= 0.6 is 0 Å². The van der Waals surface area contributed by atoms with Crippen molar-refractivity contribution >= 4 is 17.5 Å². The van der Waals surface area contributed by atoms with Gasteiger partial charge in [0.15, 0.2) is 0 Å². The first kappa shape index (κ1) is 16.3. The molecule has 0 saturated carbocycles. The van der Waals surface area contributed by atoms with Crippen molar-refractivity contribution in [3.05, 3.63) is 64.5 Å². The number of nitrogens with zero attached hydrogens (tertiary/aromatic N) is 1. The number of ether oxygens (including phenoxy) is 1. The van der Waals surface area contributed by atoms with E-state index in [1.807, 2.05) is 44.2 Å². The molecule has 1 aliphatic carbocycles. The van der Waals surface area contributed by atoms with Gasteiger partial charge in [-0.05, 0) is 42.7 Å². The van der Waals surface area contributed by atoms with E-state index in [2.05, 4.69) is 15.6 Å². The highest BCUT2D eigenvalue weighted by molar-refractivity contribution is 6.22. The molecule has 2 aromatic rings. The summed E-state index contributed by atoms with van der Waals surface area (Å²) in [5, 5.41) is 5.65. The van der Waals surface area contributed by atoms with Gasteiger partial charge in [-0.1, -0.05) is 19.1 Å². The monoisotopic (exact) mass is 349 g/mol. The molecular weight excluding hydrogens is 330 g/mol. The first-order valence-corrected chi connectivity index (χ1v) is 8.70. The van der Waals surface area contributed by atoms with Gasteiger partial charge in [0.1, 0.15) is 11.4 Å². The van der Waals surface area contributed by atoms with Crippen molar-refractivity contribution in [3.8, 4) is 5.75 Å². The Morgan fingerprint density at radius 1 is 1.19 bits per heavy atom. The average Bonchev–Trinajstić information content (AvgIpc) is 2.93. The highest BCUT2D eigenvalue weighted by atomic mass is 16.5. The molecule has 4 rings (SSSR count). The van der Waals surface area contributed by atoms with Gasteiger partial charge in [-0.2, -0.15) is 0 Å². The third-order valence-electron chi connectivity index (χ3n) is 4.66. The topological polar surface area (TPSA) is 80.3 Å². The van der Waals surface area contributed by atoms with E-state index in [1.54, 1.807) is 6.20 Å². The van der Waals surface area contributed by atoms with E-state index < -0.39 is 6.04 Å². The Morgan fingerprint density at radius 2 is 2.04 bits per heavy atom. The summed E-state index contributed by atoms with van der Waals surface area (Å²) in [6.45, 7) is 4.48. The number of hydrogen-bond acceptors (Lipinski definition) is 4. The maximum atomic E-state index is 13.0. The Hall–Kier alpha value is -3.15. The van der Waals surface area contributed by atoms with Crippen molar-refractivity contribution in [2.75, 3.05) is 6.61 Å². The summed E-state index contributed by atoms with van der Waals surface area (Å²) in [4.78, 5) is 29.6. The summed E-state index contributed by atoms with van der Waals surface area (Å²) < 4.78 is 5.55. The quantitative estimate of drug-likeness (QED) is 0.889. The summed E-state index contributed by atoms with van der Waals surface area (Å²) in [5.74, 6) is 0.547. The molecule has 0 bridgehead atoms. The number of nitrogens with one attached hydrogen (secondary N) is 2. The van der Waals surface area contributed by atoms with Crippen LogP contribution in [0.2, 0.25) is 0 Å². The second kappa shape index (κ2) is 6.29. The zero-order chi connectivity index (χ0) is 18.3. The molecule has 6 nitrogen and oxygen atoms in total. The summed E-state index contributed by atoms with van der Waals surface area (Å²) in [6, 6.07) is 8.50. The van der Waals surface area contributed by atoms with Crippen molar-refractivity contribution < 1.29 is 14.3 Å². The van der Waals surface area contributed by atoms with E-state index in [1.165, 1.54) is 0 Å². The number of fused-ring (bicyclic) bond motifs is 2. The van der Waals surface area contributed by atoms with Gasteiger partial charge in [-0.25, -0.2) is 4.79 Å². The summed E-state index contributed by atoms with van der Waals surface area (Å²) in [7, 11) is 0. The van der Waals surface area contributed by atoms with Crippen LogP contribution in [0.25, 0.3) is 5.70 Å². The molecule has 1 atom stereocenters. The predicted molar refractivity (Wildman–Crippen MR) is 96.9 cm³/mol. The number of aromatic nitrogens is 1. The zero-order valence-electron chi connectivity index (χ0n) is 14.6. The molecule has 2 amide bonds. The minimum Gasteiger partial charge on any atom is -0.494 e. The van der Waals surface area contributed by atoms with Crippen LogP contribution in [0.3, 0.4) is 0 Å². The summed E-state index contributed by atoms with van der Waals surface area (Å²) in [6.07, 6.45) is 2.53. The highest BCUT2D eigenvalue weighted by Gasteiger charge is 2.40. The Balaban J connectivity index is 1.83. The Labute approximate surface area is 151 Å². The van der Waals surface area contributed by atoms with Gasteiger partial charge >= 0.3 is 6.03 Å². The minimum atomic E-state index is -0.536. The molecule has 0 saturated heterocycles. The van der Waals surface area contributed by atoms with Crippen molar-refractivity contribution in [1.82, 2.24) is 15.6 Å². The first-order chi connectivity index (χ1) is 12.6. The lowest BCUT2D eigenvalue weighted by Gasteiger charge is -2.26. The van der Waals surface area contributed by atoms with Gasteiger partial charge in [0.25, 0.3) is 0 Å². The molecule has 0 fully saturated rings. The highest BCUT2D eigenvalue weighted by Crippen LogP contribution is 2.40. The predicted octanol–water partition coefficient (Wildman–Crippen LogP) is 3.00. The van der Waals surface area contributed by atoms with Gasteiger partial charge in [-0.3, -0.25) is 9.78 Å². The van der Waals surface area contributed by atoms with Crippen LogP contribution in [0.4, 0.5) is 4.79 Å². The number of rotatable bonds is 4. The fourth-order valence-corrected chi connectivity index (χ4v) is 3.42. The Bertz CT molecular complexity index is 949. The number of pyridine rings is 1. The molecular formula is C20H19N3O3. The SMILES string of the molecule is CCOc1cccc(C2NC(=O)NC3=C2C(=O)c2ncc(CC)cc23)c1. The molecule has 1 aromatic heterocycles. The molecule has 0 spiro atoms. The molecule has 1 unspecified atom stereocenters. The largest absolute Gasteiger partial charge is 0.494 e. The van der Waals surface area contributed by atoms with Gasteiger partial charge in [-0.15, -0.1) is 0 Å². The van der Waals surface area contributed by atoms with Crippen LogP contribution in [-0.2, 0) is 6.42 Å². The number of Topliss-reactive ketones (excluding diaryl/α,β-unsaturated/α-hetero) is 1. The van der Waals surface area contributed by atoms with E-state index in [0.29, 0.717) is 34.9 Å². The molecule has 26 heavy (non-hydrogen) atoms. The van der Waals surface area contributed by atoms with Crippen molar-refractivity contribution in [1.29, 1.82) is 0 Å². The average molecular weight is 349 g/mol. The van der Waals surface area contributed by atoms with E-state index in [-0.39, 0.29) is 11.8 Å². The van der Waals surface area contributed by atoms with Crippen LogP contribution in [0, 0.1) is 0 Å². The maximum Gasteiger partial charge on any atom is 0.320 e. The second-order valence-electron chi connectivity index (χ2n) is 6.25. The van der Waals surface area contributed by atoms with Gasteiger partial charge in [0.2, 0.25) is 5.78 Å². The molecule has 0 radical (unpaired) electrons. The fraction of sp³-hybridized carbons (Fsp3) is 0.250. The smallest absolute Gasteiger partial charge is 0.320 e. The molecule has 1 aliphatic heterocycles. The summed E-state index contributed by atoms with van der Waals surface area (Å²) >= 11 is 0. The lowest BCUT2D eigenvalue weighted by atomic mass is 9.94. The number of amides is 2. The summed E-state index contributed by atoms with van der Waals surface area (Å²) in [5.41, 5.74) is 3.99. The first-order valence-electron chi connectivity index (χ1n) is 8.70. The van der Waals surface area contributed by atoms with E-state index in [0.717, 1.165) is 17.5 Å². The second-order valence-corrected chi connectivity index (χ2v) is 6.25. The van der Waals surface area contributed by atoms with Crippen LogP contribution in [0.1, 0.15) is 47.1 Å². The fourth-order valence-electron chi connectivity index (χ4n) is 3.42. The molecule has 2 N–H and O–H groups in total. The number of benzene rings is 1. The number of ketones is 1. The zero-order valence-corrected chi connectivity index (χ0v) is 14.6. The normalized spacial score (nSPS) is 18.2. The molecule has 132 valence electrons. The Kier molecular flexibility index (Phi) is 3.95. The lowest BCUT2D eigenvalue weighted by Crippen LogP contribution is -2.43. The minimum absolute atomic E-state index is 0.156. The van der Waals surface area contributed by atoms with Gasteiger partial charge in [0.05, 0.1) is 23.9 Å².